The molecule has 0 fully saturated rings. The fraction of sp³-hybridized carbons (Fsp3) is 0.125. The van der Waals surface area contributed by atoms with E-state index in [1.54, 1.807) is 24.4 Å². The molecule has 1 rings (SSSR count). The number of nitrogens with zero attached hydrogens (tertiary/aromatic N) is 2. The number of carbonyl (C=O) groups excluding carboxylic acids is 1. The molecule has 0 bridgehead atoms. The standard InChI is InChI=1S/C8H6N2OS.BrH/c9-6-12-8(5-11)7-3-1-2-4-10-7;/h1-5,8H;1H. The summed E-state index contributed by atoms with van der Waals surface area (Å²) < 4.78 is 0. The van der Waals surface area contributed by atoms with Gasteiger partial charge >= 0.3 is 0 Å². The van der Waals surface area contributed by atoms with Crippen molar-refractivity contribution < 1.29 is 4.79 Å². The minimum atomic E-state index is -0.462. The predicted octanol–water partition coefficient (Wildman–Crippen LogP) is 2.11. The van der Waals surface area contributed by atoms with Crippen molar-refractivity contribution in [2.24, 2.45) is 0 Å². The van der Waals surface area contributed by atoms with Gasteiger partial charge in [-0.25, -0.2) is 0 Å². The van der Waals surface area contributed by atoms with Crippen LogP contribution in [0.15, 0.2) is 24.4 Å². The molecule has 5 heteroatoms. The summed E-state index contributed by atoms with van der Waals surface area (Å²) in [5.74, 6) is 0. The molecule has 0 saturated heterocycles. The summed E-state index contributed by atoms with van der Waals surface area (Å²) in [5, 5.41) is 9.76. The van der Waals surface area contributed by atoms with Crippen molar-refractivity contribution in [3.05, 3.63) is 30.1 Å². The fourth-order valence-corrected chi connectivity index (χ4v) is 1.19. The van der Waals surface area contributed by atoms with E-state index in [4.69, 9.17) is 5.26 Å². The highest BCUT2D eigenvalue weighted by atomic mass is 79.9. The van der Waals surface area contributed by atoms with Gasteiger partial charge in [0.2, 0.25) is 0 Å². The molecule has 1 heterocycles. The van der Waals surface area contributed by atoms with E-state index in [0.717, 1.165) is 18.0 Å². The van der Waals surface area contributed by atoms with Gasteiger partial charge in [-0.3, -0.25) is 4.98 Å². The lowest BCUT2D eigenvalue weighted by atomic mass is 10.3. The molecule has 0 aromatic carbocycles. The number of carbonyl (C=O) groups is 1. The third-order valence-corrected chi connectivity index (χ3v) is 1.99. The largest absolute Gasteiger partial charge is 0.302 e. The lowest BCUT2D eigenvalue weighted by Crippen LogP contribution is -1.96. The molecular weight excluding hydrogens is 252 g/mol. The minimum Gasteiger partial charge on any atom is -0.302 e. The summed E-state index contributed by atoms with van der Waals surface area (Å²) in [4.78, 5) is 14.4. The molecular formula is C8H7BrN2OS. The van der Waals surface area contributed by atoms with Crippen molar-refractivity contribution in [2.75, 3.05) is 0 Å². The van der Waals surface area contributed by atoms with Gasteiger partial charge in [0.05, 0.1) is 5.69 Å². The number of hydrogen-bond acceptors (Lipinski definition) is 4. The van der Waals surface area contributed by atoms with Crippen LogP contribution in [0.25, 0.3) is 0 Å². The van der Waals surface area contributed by atoms with E-state index < -0.39 is 5.25 Å². The Bertz CT molecular complexity index is 299. The summed E-state index contributed by atoms with van der Waals surface area (Å²) in [7, 11) is 0. The first-order valence-electron chi connectivity index (χ1n) is 3.29. The number of rotatable bonds is 3. The molecule has 13 heavy (non-hydrogen) atoms. The van der Waals surface area contributed by atoms with E-state index in [9.17, 15) is 4.79 Å². The Kier molecular flexibility index (Phi) is 6.20. The third kappa shape index (κ3) is 3.57. The minimum absolute atomic E-state index is 0. The second-order valence-electron chi connectivity index (χ2n) is 2.02. The van der Waals surface area contributed by atoms with Crippen LogP contribution in [0.5, 0.6) is 0 Å². The van der Waals surface area contributed by atoms with Crippen LogP contribution in [0, 0.1) is 10.7 Å². The summed E-state index contributed by atoms with van der Waals surface area (Å²) >= 11 is 0.904. The van der Waals surface area contributed by atoms with Crippen LogP contribution in [0.3, 0.4) is 0 Å². The molecule has 3 nitrogen and oxygen atoms in total. The zero-order valence-electron chi connectivity index (χ0n) is 6.58. The Morgan fingerprint density at radius 3 is 2.85 bits per heavy atom. The number of aldehydes is 1. The van der Waals surface area contributed by atoms with Crippen molar-refractivity contribution in [3.63, 3.8) is 0 Å². The average Bonchev–Trinajstić information content (AvgIpc) is 2.15. The van der Waals surface area contributed by atoms with Crippen LogP contribution in [-0.2, 0) is 4.79 Å². The van der Waals surface area contributed by atoms with Crippen LogP contribution in [0.2, 0.25) is 0 Å². The number of thioether (sulfide) groups is 1. The molecule has 68 valence electrons. The van der Waals surface area contributed by atoms with Gasteiger partial charge in [0.15, 0.2) is 0 Å². The zero-order valence-corrected chi connectivity index (χ0v) is 9.11. The van der Waals surface area contributed by atoms with Crippen LogP contribution in [0.1, 0.15) is 10.9 Å². The van der Waals surface area contributed by atoms with E-state index in [1.165, 1.54) is 0 Å². The second kappa shape index (κ2) is 6.63. The van der Waals surface area contributed by atoms with Crippen LogP contribution in [0.4, 0.5) is 0 Å². The molecule has 0 saturated carbocycles. The molecule has 0 aliphatic carbocycles. The van der Waals surface area contributed by atoms with E-state index in [1.807, 2.05) is 5.40 Å². The van der Waals surface area contributed by atoms with E-state index in [-0.39, 0.29) is 17.0 Å². The highest BCUT2D eigenvalue weighted by molar-refractivity contribution is 8.93. The van der Waals surface area contributed by atoms with Crippen LogP contribution >= 0.6 is 28.7 Å². The molecule has 1 aromatic heterocycles. The Labute approximate surface area is 90.9 Å². The summed E-state index contributed by atoms with van der Waals surface area (Å²) in [6.45, 7) is 0. The normalized spacial score (nSPS) is 10.7. The lowest BCUT2D eigenvalue weighted by Gasteiger charge is -2.01. The smallest absolute Gasteiger partial charge is 0.140 e. The first-order valence-corrected chi connectivity index (χ1v) is 4.17. The van der Waals surface area contributed by atoms with Crippen molar-refractivity contribution in [3.8, 4) is 5.40 Å². The summed E-state index contributed by atoms with van der Waals surface area (Å²) in [6, 6.07) is 5.28. The Morgan fingerprint density at radius 1 is 1.62 bits per heavy atom. The first kappa shape index (κ1) is 12.1. The molecule has 1 unspecified atom stereocenters. The Balaban J connectivity index is 0.00000144. The second-order valence-corrected chi connectivity index (χ2v) is 2.95. The van der Waals surface area contributed by atoms with Gasteiger partial charge in [-0.1, -0.05) is 6.07 Å². The number of halogens is 1. The van der Waals surface area contributed by atoms with Crippen molar-refractivity contribution in [1.29, 1.82) is 5.26 Å². The quantitative estimate of drug-likeness (QED) is 0.616. The lowest BCUT2D eigenvalue weighted by molar-refractivity contribution is -0.107. The topological polar surface area (TPSA) is 53.8 Å². The van der Waals surface area contributed by atoms with Gasteiger partial charge in [0.1, 0.15) is 16.9 Å². The summed E-state index contributed by atoms with van der Waals surface area (Å²) in [6.07, 6.45) is 2.32. The third-order valence-electron chi connectivity index (χ3n) is 1.28. The molecule has 0 aliphatic rings. The maximum absolute atomic E-state index is 10.5. The van der Waals surface area contributed by atoms with Gasteiger partial charge in [0.25, 0.3) is 0 Å². The van der Waals surface area contributed by atoms with Crippen molar-refractivity contribution >= 4 is 35.0 Å². The van der Waals surface area contributed by atoms with E-state index >= 15 is 0 Å². The number of hydrogen-bond donors (Lipinski definition) is 0. The number of aromatic nitrogens is 1. The van der Waals surface area contributed by atoms with E-state index in [0.29, 0.717) is 5.69 Å². The van der Waals surface area contributed by atoms with Gasteiger partial charge in [-0.05, 0) is 23.9 Å². The van der Waals surface area contributed by atoms with Crippen LogP contribution < -0.4 is 0 Å². The van der Waals surface area contributed by atoms with Crippen molar-refractivity contribution in [1.82, 2.24) is 4.98 Å². The van der Waals surface area contributed by atoms with Gasteiger partial charge in [-0.2, -0.15) is 5.26 Å². The SMILES string of the molecule is Br.N#CSC(C=O)c1ccccn1. The van der Waals surface area contributed by atoms with Gasteiger partial charge in [-0.15, -0.1) is 17.0 Å². The number of pyridine rings is 1. The Morgan fingerprint density at radius 2 is 2.38 bits per heavy atom. The first-order chi connectivity index (χ1) is 5.88. The average molecular weight is 259 g/mol. The van der Waals surface area contributed by atoms with E-state index in [2.05, 4.69) is 4.98 Å². The molecule has 1 aromatic rings. The van der Waals surface area contributed by atoms with Crippen LogP contribution in [-0.4, -0.2) is 11.3 Å². The van der Waals surface area contributed by atoms with Crippen molar-refractivity contribution in [2.45, 2.75) is 5.25 Å². The maximum atomic E-state index is 10.5. The molecule has 0 spiro atoms. The number of nitriles is 1. The predicted molar refractivity (Wildman–Crippen MR) is 56.6 cm³/mol. The van der Waals surface area contributed by atoms with Gasteiger partial charge in [0, 0.05) is 6.20 Å². The summed E-state index contributed by atoms with van der Waals surface area (Å²) in [5.41, 5.74) is 0.624. The number of thiocyanates is 1. The highest BCUT2D eigenvalue weighted by Gasteiger charge is 2.10. The maximum Gasteiger partial charge on any atom is 0.140 e. The Hall–Kier alpha value is -0.860. The molecule has 0 N–H and O–H groups in total. The molecule has 0 radical (unpaired) electrons. The molecule has 1 atom stereocenters. The highest BCUT2D eigenvalue weighted by Crippen LogP contribution is 2.22. The molecule has 0 amide bonds. The zero-order chi connectivity index (χ0) is 8.81. The molecule has 0 aliphatic heterocycles. The van der Waals surface area contributed by atoms with Gasteiger partial charge < -0.3 is 4.79 Å². The fourth-order valence-electron chi connectivity index (χ4n) is 0.759. The monoisotopic (exact) mass is 258 g/mol.